The largest absolute Gasteiger partial charge is 0.508 e. The zero-order chi connectivity index (χ0) is 14.2. The number of aryl methyl sites for hydroxylation is 4. The molecule has 0 aliphatic heterocycles. The minimum absolute atomic E-state index is 0.156. The zero-order valence-electron chi connectivity index (χ0n) is 11.4. The van der Waals surface area contributed by atoms with Gasteiger partial charge in [0, 0.05) is 5.69 Å². The van der Waals surface area contributed by atoms with Gasteiger partial charge in [0.15, 0.2) is 0 Å². The normalized spacial score (nSPS) is 10.5. The Morgan fingerprint density at radius 1 is 1.21 bits per heavy atom. The summed E-state index contributed by atoms with van der Waals surface area (Å²) in [5, 5.41) is 13.3. The van der Waals surface area contributed by atoms with Crippen molar-refractivity contribution in [2.75, 3.05) is 5.32 Å². The highest BCUT2D eigenvalue weighted by Crippen LogP contribution is 2.26. The van der Waals surface area contributed by atoms with Gasteiger partial charge in [0.1, 0.15) is 10.6 Å². The van der Waals surface area contributed by atoms with Crippen molar-refractivity contribution in [2.24, 2.45) is 0 Å². The maximum Gasteiger partial charge on any atom is 0.267 e. The molecule has 1 aromatic heterocycles. The van der Waals surface area contributed by atoms with Gasteiger partial charge in [0.25, 0.3) is 5.91 Å². The third-order valence-corrected chi connectivity index (χ3v) is 3.97. The summed E-state index contributed by atoms with van der Waals surface area (Å²) in [6, 6.07) is 3.42. The molecular formula is C14H16N2O2S. The molecular weight excluding hydrogens is 260 g/mol. The van der Waals surface area contributed by atoms with Gasteiger partial charge in [-0.3, -0.25) is 4.79 Å². The average Bonchev–Trinajstić information content (AvgIpc) is 2.65. The fourth-order valence-corrected chi connectivity index (χ4v) is 2.67. The van der Waals surface area contributed by atoms with Gasteiger partial charge in [-0.15, -0.1) is 11.3 Å². The Morgan fingerprint density at radius 2 is 1.89 bits per heavy atom. The van der Waals surface area contributed by atoms with Crippen molar-refractivity contribution in [3.63, 3.8) is 0 Å². The van der Waals surface area contributed by atoms with E-state index < -0.39 is 0 Å². The molecule has 0 spiro atoms. The molecule has 100 valence electrons. The van der Waals surface area contributed by atoms with Crippen LogP contribution < -0.4 is 5.32 Å². The highest BCUT2D eigenvalue weighted by Gasteiger charge is 2.15. The van der Waals surface area contributed by atoms with Crippen LogP contribution in [-0.2, 0) is 0 Å². The second-order valence-electron chi connectivity index (χ2n) is 4.56. The molecule has 5 heteroatoms. The van der Waals surface area contributed by atoms with E-state index in [-0.39, 0.29) is 11.7 Å². The number of phenols is 1. The van der Waals surface area contributed by atoms with E-state index in [2.05, 4.69) is 10.3 Å². The average molecular weight is 276 g/mol. The molecule has 2 aromatic rings. The quantitative estimate of drug-likeness (QED) is 0.827. The summed E-state index contributed by atoms with van der Waals surface area (Å²) in [4.78, 5) is 17.1. The van der Waals surface area contributed by atoms with E-state index in [1.165, 1.54) is 11.3 Å². The van der Waals surface area contributed by atoms with Gasteiger partial charge in [0.2, 0.25) is 0 Å². The number of hydrogen-bond acceptors (Lipinski definition) is 4. The number of amides is 1. The molecule has 1 heterocycles. The fourth-order valence-electron chi connectivity index (χ4n) is 1.86. The van der Waals surface area contributed by atoms with E-state index in [0.717, 1.165) is 21.8 Å². The van der Waals surface area contributed by atoms with Gasteiger partial charge < -0.3 is 10.4 Å². The van der Waals surface area contributed by atoms with E-state index in [1.807, 2.05) is 20.8 Å². The van der Waals surface area contributed by atoms with Crippen LogP contribution in [-0.4, -0.2) is 16.0 Å². The second-order valence-corrected chi connectivity index (χ2v) is 5.76. The molecule has 0 unspecified atom stereocenters. The number of anilines is 1. The lowest BCUT2D eigenvalue weighted by molar-refractivity contribution is 0.102. The van der Waals surface area contributed by atoms with Crippen molar-refractivity contribution < 1.29 is 9.90 Å². The van der Waals surface area contributed by atoms with Gasteiger partial charge in [0.05, 0.1) is 10.7 Å². The molecule has 2 N–H and O–H groups in total. The lowest BCUT2D eigenvalue weighted by Gasteiger charge is -2.10. The second kappa shape index (κ2) is 5.01. The number of nitrogens with zero attached hydrogens (tertiary/aromatic N) is 1. The van der Waals surface area contributed by atoms with Crippen molar-refractivity contribution in [1.29, 1.82) is 0 Å². The molecule has 4 nitrogen and oxygen atoms in total. The SMILES string of the molecule is Cc1nc(C)c(C(=O)Nc2cc(C)c(O)cc2C)s1. The third-order valence-electron chi connectivity index (χ3n) is 2.90. The van der Waals surface area contributed by atoms with Gasteiger partial charge in [-0.1, -0.05) is 0 Å². The van der Waals surface area contributed by atoms with E-state index >= 15 is 0 Å². The first-order valence-electron chi connectivity index (χ1n) is 5.94. The molecule has 0 bridgehead atoms. The molecule has 0 saturated heterocycles. The first-order chi connectivity index (χ1) is 8.88. The predicted octanol–water partition coefficient (Wildman–Crippen LogP) is 3.33. The Morgan fingerprint density at radius 3 is 2.47 bits per heavy atom. The van der Waals surface area contributed by atoms with Gasteiger partial charge in [-0.05, 0) is 51.0 Å². The fraction of sp³-hybridized carbons (Fsp3) is 0.286. The number of benzene rings is 1. The Bertz CT molecular complexity index is 647. The van der Waals surface area contributed by atoms with Crippen molar-refractivity contribution in [2.45, 2.75) is 27.7 Å². The summed E-state index contributed by atoms with van der Waals surface area (Å²) >= 11 is 1.38. The Hall–Kier alpha value is -1.88. The smallest absolute Gasteiger partial charge is 0.267 e. The Kier molecular flexibility index (Phi) is 3.57. The molecule has 1 aromatic carbocycles. The van der Waals surface area contributed by atoms with Crippen LogP contribution in [0.25, 0.3) is 0 Å². The molecule has 0 aliphatic rings. The van der Waals surface area contributed by atoms with E-state index in [4.69, 9.17) is 0 Å². The van der Waals surface area contributed by atoms with Crippen LogP contribution in [0, 0.1) is 27.7 Å². The summed E-state index contributed by atoms with van der Waals surface area (Å²) < 4.78 is 0. The number of aromatic hydroxyl groups is 1. The first-order valence-corrected chi connectivity index (χ1v) is 6.75. The molecule has 19 heavy (non-hydrogen) atoms. The minimum atomic E-state index is -0.156. The van der Waals surface area contributed by atoms with Crippen molar-refractivity contribution in [1.82, 2.24) is 4.98 Å². The standard InChI is InChI=1S/C14H16N2O2S/c1-7-6-12(17)8(2)5-11(7)16-14(18)13-9(3)15-10(4)19-13/h5-6,17H,1-4H3,(H,16,18). The van der Waals surface area contributed by atoms with Crippen LogP contribution in [0.1, 0.15) is 31.5 Å². The van der Waals surface area contributed by atoms with Crippen molar-refractivity contribution in [3.8, 4) is 5.75 Å². The molecule has 0 fully saturated rings. The number of aromatic nitrogens is 1. The summed E-state index contributed by atoms with van der Waals surface area (Å²) in [5.74, 6) is 0.0802. The number of thiazole rings is 1. The van der Waals surface area contributed by atoms with Crippen molar-refractivity contribution >= 4 is 22.9 Å². The highest BCUT2D eigenvalue weighted by molar-refractivity contribution is 7.13. The molecule has 0 aliphatic carbocycles. The number of carbonyl (C=O) groups excluding carboxylic acids is 1. The summed E-state index contributed by atoms with van der Waals surface area (Å²) in [6.45, 7) is 7.35. The summed E-state index contributed by atoms with van der Waals surface area (Å²) in [6.07, 6.45) is 0. The number of carbonyl (C=O) groups is 1. The number of phenolic OH excluding ortho intramolecular Hbond substituents is 1. The third kappa shape index (κ3) is 2.76. The van der Waals surface area contributed by atoms with Crippen LogP contribution >= 0.6 is 11.3 Å². The van der Waals surface area contributed by atoms with Crippen molar-refractivity contribution in [3.05, 3.63) is 38.8 Å². The maximum atomic E-state index is 12.2. The number of rotatable bonds is 2. The summed E-state index contributed by atoms with van der Waals surface area (Å²) in [5.41, 5.74) is 3.02. The topological polar surface area (TPSA) is 62.2 Å². The van der Waals surface area contributed by atoms with Crippen LogP contribution in [0.4, 0.5) is 5.69 Å². The Labute approximate surface area is 116 Å². The highest BCUT2D eigenvalue weighted by atomic mass is 32.1. The number of hydrogen-bond donors (Lipinski definition) is 2. The zero-order valence-corrected chi connectivity index (χ0v) is 12.2. The lowest BCUT2D eigenvalue weighted by Crippen LogP contribution is -2.12. The molecule has 2 rings (SSSR count). The van der Waals surface area contributed by atoms with Gasteiger partial charge in [-0.25, -0.2) is 4.98 Å². The lowest BCUT2D eigenvalue weighted by atomic mass is 10.1. The van der Waals surface area contributed by atoms with Gasteiger partial charge in [-0.2, -0.15) is 0 Å². The molecule has 0 saturated carbocycles. The molecule has 0 atom stereocenters. The first kappa shape index (κ1) is 13.5. The van der Waals surface area contributed by atoms with Crippen LogP contribution in [0.5, 0.6) is 5.75 Å². The minimum Gasteiger partial charge on any atom is -0.508 e. The van der Waals surface area contributed by atoms with Crippen LogP contribution in [0.2, 0.25) is 0 Å². The van der Waals surface area contributed by atoms with E-state index in [9.17, 15) is 9.90 Å². The van der Waals surface area contributed by atoms with Gasteiger partial charge >= 0.3 is 0 Å². The van der Waals surface area contributed by atoms with Crippen LogP contribution in [0.15, 0.2) is 12.1 Å². The molecule has 1 amide bonds. The monoisotopic (exact) mass is 276 g/mol. The predicted molar refractivity (Wildman–Crippen MR) is 77.1 cm³/mol. The Balaban J connectivity index is 2.29. The van der Waals surface area contributed by atoms with E-state index in [0.29, 0.717) is 10.6 Å². The molecule has 0 radical (unpaired) electrons. The van der Waals surface area contributed by atoms with Crippen LogP contribution in [0.3, 0.4) is 0 Å². The summed E-state index contributed by atoms with van der Waals surface area (Å²) in [7, 11) is 0. The maximum absolute atomic E-state index is 12.2. The van der Waals surface area contributed by atoms with E-state index in [1.54, 1.807) is 19.1 Å². The number of nitrogens with one attached hydrogen (secondary N) is 1.